The van der Waals surface area contributed by atoms with Gasteiger partial charge >= 0.3 is 0 Å². The molecule has 0 aliphatic carbocycles. The van der Waals surface area contributed by atoms with Crippen LogP contribution >= 0.6 is 15.9 Å². The van der Waals surface area contributed by atoms with Crippen molar-refractivity contribution in [3.8, 4) is 0 Å². The van der Waals surface area contributed by atoms with Gasteiger partial charge in [0.2, 0.25) is 0 Å². The lowest BCUT2D eigenvalue weighted by Gasteiger charge is -2.09. The van der Waals surface area contributed by atoms with Gasteiger partial charge in [0.25, 0.3) is 5.91 Å². The van der Waals surface area contributed by atoms with E-state index in [1.165, 1.54) is 13.2 Å². The summed E-state index contributed by atoms with van der Waals surface area (Å²) < 4.78 is 0.984. The Hall–Kier alpha value is -1.13. The van der Waals surface area contributed by atoms with Crippen molar-refractivity contribution < 1.29 is 9.63 Å². The third kappa shape index (κ3) is 3.85. The number of benzene rings is 1. The molecule has 1 rings (SSSR count). The predicted octanol–water partition coefficient (Wildman–Crippen LogP) is 2.48. The zero-order valence-electron chi connectivity index (χ0n) is 8.61. The largest absolute Gasteiger partial charge is 0.274 e. The molecule has 0 fully saturated rings. The van der Waals surface area contributed by atoms with Crippen LogP contribution < -0.4 is 0 Å². The quantitative estimate of drug-likeness (QED) is 0.623. The van der Waals surface area contributed by atoms with Gasteiger partial charge in [-0.1, -0.05) is 28.1 Å². The second-order valence-electron chi connectivity index (χ2n) is 2.91. The Labute approximate surface area is 97.4 Å². The van der Waals surface area contributed by atoms with Gasteiger partial charge in [-0.05, 0) is 23.8 Å². The van der Waals surface area contributed by atoms with Gasteiger partial charge in [0.15, 0.2) is 0 Å². The minimum Gasteiger partial charge on any atom is -0.274 e. The molecule has 0 aliphatic rings. The number of amides is 1. The molecule has 80 valence electrons. The Bertz CT molecular complexity index is 377. The number of likely N-dealkylation sites (N-methyl/N-ethyl adjacent to an activating group) is 1. The van der Waals surface area contributed by atoms with Crippen LogP contribution in [0.15, 0.2) is 34.8 Å². The van der Waals surface area contributed by atoms with Crippen LogP contribution in [0, 0.1) is 0 Å². The number of hydrogen-bond acceptors (Lipinski definition) is 2. The first-order valence-corrected chi connectivity index (χ1v) is 5.18. The van der Waals surface area contributed by atoms with E-state index in [1.54, 1.807) is 13.1 Å². The molecule has 3 nitrogen and oxygen atoms in total. The monoisotopic (exact) mass is 269 g/mol. The maximum Gasteiger partial charge on any atom is 0.269 e. The molecule has 0 saturated heterocycles. The number of carbonyl (C=O) groups is 1. The lowest BCUT2D eigenvalue weighted by Crippen LogP contribution is -2.22. The van der Waals surface area contributed by atoms with E-state index in [1.807, 2.05) is 24.3 Å². The zero-order chi connectivity index (χ0) is 11.3. The first-order chi connectivity index (χ1) is 7.13. The molecule has 0 N–H and O–H groups in total. The summed E-state index contributed by atoms with van der Waals surface area (Å²) in [5.74, 6) is -0.197. The van der Waals surface area contributed by atoms with Crippen LogP contribution in [0.2, 0.25) is 0 Å². The van der Waals surface area contributed by atoms with Crippen molar-refractivity contribution in [3.05, 3.63) is 40.4 Å². The summed E-state index contributed by atoms with van der Waals surface area (Å²) in [6.07, 6.45) is 3.20. The number of hydrogen-bond donors (Lipinski definition) is 0. The molecule has 0 spiro atoms. The van der Waals surface area contributed by atoms with Crippen molar-refractivity contribution in [1.82, 2.24) is 5.06 Å². The molecular weight excluding hydrogens is 258 g/mol. The zero-order valence-corrected chi connectivity index (χ0v) is 10.2. The summed E-state index contributed by atoms with van der Waals surface area (Å²) in [7, 11) is 3.01. The number of nitrogens with zero attached hydrogens (tertiary/aromatic N) is 1. The topological polar surface area (TPSA) is 29.5 Å². The molecule has 1 amide bonds. The molecule has 0 heterocycles. The fraction of sp³-hybridized carbons (Fsp3) is 0.182. The average molecular weight is 270 g/mol. The van der Waals surface area contributed by atoms with E-state index < -0.39 is 0 Å². The smallest absolute Gasteiger partial charge is 0.269 e. The van der Waals surface area contributed by atoms with Crippen LogP contribution in [-0.2, 0) is 9.63 Å². The molecule has 1 aromatic carbocycles. The molecule has 15 heavy (non-hydrogen) atoms. The minimum absolute atomic E-state index is 0.197. The molecule has 0 bridgehead atoms. The Morgan fingerprint density at radius 1 is 1.53 bits per heavy atom. The lowest BCUT2D eigenvalue weighted by atomic mass is 10.2. The van der Waals surface area contributed by atoms with E-state index in [4.69, 9.17) is 4.84 Å². The van der Waals surface area contributed by atoms with E-state index in [0.29, 0.717) is 0 Å². The fourth-order valence-corrected chi connectivity index (χ4v) is 1.39. The third-order valence-corrected chi connectivity index (χ3v) is 2.34. The van der Waals surface area contributed by atoms with Gasteiger partial charge in [-0.15, -0.1) is 0 Å². The van der Waals surface area contributed by atoms with Gasteiger partial charge in [0.1, 0.15) is 0 Å². The highest BCUT2D eigenvalue weighted by atomic mass is 79.9. The van der Waals surface area contributed by atoms with Crippen LogP contribution in [0.1, 0.15) is 5.56 Å². The summed E-state index contributed by atoms with van der Waals surface area (Å²) in [6.45, 7) is 0. The van der Waals surface area contributed by atoms with Crippen molar-refractivity contribution in [1.29, 1.82) is 0 Å². The van der Waals surface area contributed by atoms with Crippen LogP contribution in [0.4, 0.5) is 0 Å². The molecule has 0 aliphatic heterocycles. The second-order valence-corrected chi connectivity index (χ2v) is 3.82. The van der Waals surface area contributed by atoms with Gasteiger partial charge in [-0.2, -0.15) is 0 Å². The standard InChI is InChI=1S/C11H12BrNO2/c1-13(15-2)11(14)7-6-9-4-3-5-10(12)8-9/h3-8H,1-2H3. The van der Waals surface area contributed by atoms with Crippen LogP contribution in [0.25, 0.3) is 6.08 Å². The summed E-state index contributed by atoms with van der Waals surface area (Å²) in [6, 6.07) is 7.69. The van der Waals surface area contributed by atoms with Crippen LogP contribution in [-0.4, -0.2) is 25.1 Å². The number of hydroxylamine groups is 2. The normalized spacial score (nSPS) is 10.6. The van der Waals surface area contributed by atoms with E-state index in [0.717, 1.165) is 15.1 Å². The highest BCUT2D eigenvalue weighted by Gasteiger charge is 2.01. The van der Waals surface area contributed by atoms with Gasteiger partial charge < -0.3 is 0 Å². The first-order valence-electron chi connectivity index (χ1n) is 4.39. The van der Waals surface area contributed by atoms with Crippen molar-refractivity contribution in [2.45, 2.75) is 0 Å². The molecule has 0 unspecified atom stereocenters. The number of rotatable bonds is 3. The van der Waals surface area contributed by atoms with Crippen LogP contribution in [0.3, 0.4) is 0 Å². The molecule has 4 heteroatoms. The van der Waals surface area contributed by atoms with Gasteiger partial charge in [-0.25, -0.2) is 5.06 Å². The van der Waals surface area contributed by atoms with Crippen molar-refractivity contribution >= 4 is 27.9 Å². The molecular formula is C11H12BrNO2. The summed E-state index contributed by atoms with van der Waals surface area (Å²) in [4.78, 5) is 16.1. The average Bonchev–Trinajstić information content (AvgIpc) is 2.25. The van der Waals surface area contributed by atoms with E-state index in [9.17, 15) is 4.79 Å². The fourth-order valence-electron chi connectivity index (χ4n) is 0.973. The van der Waals surface area contributed by atoms with Crippen molar-refractivity contribution in [3.63, 3.8) is 0 Å². The Balaban J connectivity index is 2.69. The van der Waals surface area contributed by atoms with E-state index in [2.05, 4.69) is 15.9 Å². The van der Waals surface area contributed by atoms with Gasteiger partial charge in [0, 0.05) is 17.6 Å². The summed E-state index contributed by atoms with van der Waals surface area (Å²) in [5, 5.41) is 1.16. The van der Waals surface area contributed by atoms with E-state index in [-0.39, 0.29) is 5.91 Å². The third-order valence-electron chi connectivity index (χ3n) is 1.85. The molecule has 1 aromatic rings. The molecule has 0 aromatic heterocycles. The summed E-state index contributed by atoms with van der Waals surface area (Å²) in [5.41, 5.74) is 0.960. The maximum absolute atomic E-state index is 11.3. The molecule has 0 saturated carbocycles. The highest BCUT2D eigenvalue weighted by Crippen LogP contribution is 2.12. The van der Waals surface area contributed by atoms with Crippen LogP contribution in [0.5, 0.6) is 0 Å². The number of halogens is 1. The highest BCUT2D eigenvalue weighted by molar-refractivity contribution is 9.10. The Morgan fingerprint density at radius 3 is 2.87 bits per heavy atom. The SMILES string of the molecule is CON(C)C(=O)C=Cc1cccc(Br)c1. The van der Waals surface area contributed by atoms with Gasteiger partial charge in [-0.3, -0.25) is 9.63 Å². The lowest BCUT2D eigenvalue weighted by molar-refractivity contribution is -0.162. The molecule has 0 radical (unpaired) electrons. The summed E-state index contributed by atoms with van der Waals surface area (Å²) >= 11 is 3.36. The Morgan fingerprint density at radius 2 is 2.27 bits per heavy atom. The molecule has 0 atom stereocenters. The van der Waals surface area contributed by atoms with Crippen molar-refractivity contribution in [2.24, 2.45) is 0 Å². The maximum atomic E-state index is 11.3. The first kappa shape index (κ1) is 11.9. The second kappa shape index (κ2) is 5.68. The Kier molecular flexibility index (Phi) is 4.52. The van der Waals surface area contributed by atoms with Crippen molar-refractivity contribution in [2.75, 3.05) is 14.2 Å². The predicted molar refractivity (Wildman–Crippen MR) is 63.0 cm³/mol. The minimum atomic E-state index is -0.197. The number of carbonyl (C=O) groups excluding carboxylic acids is 1. The van der Waals surface area contributed by atoms with E-state index >= 15 is 0 Å². The van der Waals surface area contributed by atoms with Gasteiger partial charge in [0.05, 0.1) is 7.11 Å².